The van der Waals surface area contributed by atoms with E-state index in [1.54, 1.807) is 14.0 Å². The van der Waals surface area contributed by atoms with Crippen LogP contribution in [0.4, 0.5) is 20.2 Å². The van der Waals surface area contributed by atoms with Crippen LogP contribution in [0.2, 0.25) is 0 Å². The molecular formula is C11H13F2N3O3. The summed E-state index contributed by atoms with van der Waals surface area (Å²) in [5.74, 6) is -2.59. The minimum Gasteiger partial charge on any atom is -0.370 e. The monoisotopic (exact) mass is 273 g/mol. The van der Waals surface area contributed by atoms with Crippen molar-refractivity contribution in [2.24, 2.45) is 0 Å². The summed E-state index contributed by atoms with van der Waals surface area (Å²) in [6.45, 7) is 1.93. The molecule has 0 spiro atoms. The van der Waals surface area contributed by atoms with Crippen LogP contribution in [0.1, 0.15) is 6.92 Å². The second kappa shape index (κ2) is 6.07. The summed E-state index contributed by atoms with van der Waals surface area (Å²) in [7, 11) is 1.55. The highest BCUT2D eigenvalue weighted by Gasteiger charge is 2.22. The number of carbonyl (C=O) groups excluding carboxylic acids is 1. The Hall–Kier alpha value is -2.25. The van der Waals surface area contributed by atoms with Gasteiger partial charge in [-0.15, -0.1) is 0 Å². The van der Waals surface area contributed by atoms with E-state index in [0.29, 0.717) is 12.6 Å². The lowest BCUT2D eigenvalue weighted by molar-refractivity contribution is -0.386. The van der Waals surface area contributed by atoms with Crippen LogP contribution in [0.3, 0.4) is 0 Å². The normalized spacial score (nSPS) is 10.1. The van der Waals surface area contributed by atoms with E-state index < -0.39 is 22.2 Å². The Bertz CT molecular complexity index is 508. The van der Waals surface area contributed by atoms with Gasteiger partial charge in [-0.1, -0.05) is 0 Å². The van der Waals surface area contributed by atoms with Gasteiger partial charge in [0.2, 0.25) is 11.7 Å². The van der Waals surface area contributed by atoms with Crippen molar-refractivity contribution in [2.45, 2.75) is 6.92 Å². The molecular weight excluding hydrogens is 260 g/mol. The number of hydrogen-bond donors (Lipinski definition) is 1. The first-order valence-electron chi connectivity index (χ1n) is 5.48. The number of hydrogen-bond acceptors (Lipinski definition) is 4. The molecule has 1 N–H and O–H groups in total. The van der Waals surface area contributed by atoms with Gasteiger partial charge in [0.05, 0.1) is 11.5 Å². The quantitative estimate of drug-likeness (QED) is 0.655. The Morgan fingerprint density at radius 3 is 2.63 bits per heavy atom. The fraction of sp³-hybridized carbons (Fsp3) is 0.364. The van der Waals surface area contributed by atoms with Gasteiger partial charge in [0.15, 0.2) is 0 Å². The fourth-order valence-corrected chi connectivity index (χ4v) is 1.37. The molecule has 0 bridgehead atoms. The number of rotatable bonds is 5. The number of nitrogens with zero attached hydrogens (tertiary/aromatic N) is 2. The van der Waals surface area contributed by atoms with Crippen LogP contribution in [-0.2, 0) is 4.79 Å². The maximum atomic E-state index is 13.3. The average Bonchev–Trinajstić information content (AvgIpc) is 2.33. The minimum atomic E-state index is -1.29. The number of benzene rings is 1. The number of nitro groups is 1. The Morgan fingerprint density at radius 1 is 1.47 bits per heavy atom. The van der Waals surface area contributed by atoms with Crippen LogP contribution in [0, 0.1) is 21.7 Å². The summed E-state index contributed by atoms with van der Waals surface area (Å²) in [5.41, 5.74) is -1.24. The van der Waals surface area contributed by atoms with Crippen LogP contribution in [-0.4, -0.2) is 35.9 Å². The summed E-state index contributed by atoms with van der Waals surface area (Å²) in [6, 6.07) is 1.20. The smallest absolute Gasteiger partial charge is 0.327 e. The Morgan fingerprint density at radius 2 is 2.11 bits per heavy atom. The first-order valence-corrected chi connectivity index (χ1v) is 5.48. The van der Waals surface area contributed by atoms with E-state index in [0.717, 1.165) is 6.07 Å². The SMILES string of the molecule is CCN(C)C(=O)CNc1cc(F)cc(F)c1[N+](=O)[O-]. The predicted octanol–water partition coefficient (Wildman–Crippen LogP) is 1.76. The van der Waals surface area contributed by atoms with Crippen molar-refractivity contribution < 1.29 is 18.5 Å². The van der Waals surface area contributed by atoms with Crippen LogP contribution in [0.15, 0.2) is 12.1 Å². The number of nitro benzene ring substituents is 1. The maximum absolute atomic E-state index is 13.3. The van der Waals surface area contributed by atoms with Gasteiger partial charge in [0, 0.05) is 25.7 Å². The highest BCUT2D eigenvalue weighted by atomic mass is 19.1. The molecule has 0 saturated heterocycles. The predicted molar refractivity (Wildman–Crippen MR) is 64.8 cm³/mol. The van der Waals surface area contributed by atoms with E-state index in [1.165, 1.54) is 4.90 Å². The molecule has 19 heavy (non-hydrogen) atoms. The van der Waals surface area contributed by atoms with Crippen LogP contribution < -0.4 is 5.32 Å². The van der Waals surface area contributed by atoms with Crippen molar-refractivity contribution >= 4 is 17.3 Å². The lowest BCUT2D eigenvalue weighted by Crippen LogP contribution is -2.32. The van der Waals surface area contributed by atoms with Gasteiger partial charge in [-0.25, -0.2) is 4.39 Å². The summed E-state index contributed by atoms with van der Waals surface area (Å²) < 4.78 is 26.3. The van der Waals surface area contributed by atoms with E-state index in [-0.39, 0.29) is 18.1 Å². The lowest BCUT2D eigenvalue weighted by atomic mass is 10.2. The van der Waals surface area contributed by atoms with Gasteiger partial charge in [-0.2, -0.15) is 4.39 Å². The molecule has 0 atom stereocenters. The zero-order chi connectivity index (χ0) is 14.6. The number of anilines is 1. The Kier molecular flexibility index (Phi) is 4.74. The van der Waals surface area contributed by atoms with Crippen molar-refractivity contribution in [1.29, 1.82) is 0 Å². The molecule has 0 aromatic heterocycles. The first-order chi connectivity index (χ1) is 8.86. The maximum Gasteiger partial charge on any atom is 0.327 e. The second-order valence-electron chi connectivity index (χ2n) is 3.80. The molecule has 0 fully saturated rings. The van der Waals surface area contributed by atoms with Crippen molar-refractivity contribution in [3.63, 3.8) is 0 Å². The number of halogens is 2. The molecule has 1 aromatic rings. The second-order valence-corrected chi connectivity index (χ2v) is 3.80. The third-order valence-corrected chi connectivity index (χ3v) is 2.54. The lowest BCUT2D eigenvalue weighted by Gasteiger charge is -2.15. The third kappa shape index (κ3) is 3.60. The van der Waals surface area contributed by atoms with E-state index in [4.69, 9.17) is 0 Å². The summed E-state index contributed by atoms with van der Waals surface area (Å²) >= 11 is 0. The fourth-order valence-electron chi connectivity index (χ4n) is 1.37. The van der Waals surface area contributed by atoms with E-state index in [2.05, 4.69) is 5.32 Å². The molecule has 104 valence electrons. The standard InChI is InChI=1S/C11H13F2N3O3/c1-3-15(2)10(17)6-14-9-5-7(12)4-8(13)11(9)16(18)19/h4-5,14H,3,6H2,1-2H3. The molecule has 8 heteroatoms. The van der Waals surface area contributed by atoms with E-state index in [9.17, 15) is 23.7 Å². The van der Waals surface area contributed by atoms with Gasteiger partial charge >= 0.3 is 5.69 Å². The van der Waals surface area contributed by atoms with Crippen LogP contribution in [0.5, 0.6) is 0 Å². The van der Waals surface area contributed by atoms with E-state index >= 15 is 0 Å². The largest absolute Gasteiger partial charge is 0.370 e. The van der Waals surface area contributed by atoms with Gasteiger partial charge in [-0.3, -0.25) is 14.9 Å². The molecule has 0 heterocycles. The molecule has 1 aromatic carbocycles. The third-order valence-electron chi connectivity index (χ3n) is 2.54. The highest BCUT2D eigenvalue weighted by Crippen LogP contribution is 2.28. The summed E-state index contributed by atoms with van der Waals surface area (Å²) in [4.78, 5) is 22.6. The van der Waals surface area contributed by atoms with Crippen molar-refractivity contribution in [3.05, 3.63) is 33.9 Å². The number of likely N-dealkylation sites (N-methyl/N-ethyl adjacent to an activating group) is 1. The Balaban J connectivity index is 2.94. The van der Waals surface area contributed by atoms with Crippen molar-refractivity contribution in [2.75, 3.05) is 25.5 Å². The zero-order valence-electron chi connectivity index (χ0n) is 10.4. The molecule has 1 rings (SSSR count). The molecule has 1 amide bonds. The van der Waals surface area contributed by atoms with Crippen molar-refractivity contribution in [1.82, 2.24) is 4.90 Å². The molecule has 0 aliphatic rings. The topological polar surface area (TPSA) is 75.5 Å². The molecule has 0 unspecified atom stereocenters. The molecule has 0 radical (unpaired) electrons. The minimum absolute atomic E-state index is 0.284. The van der Waals surface area contributed by atoms with Gasteiger partial charge in [0.1, 0.15) is 11.5 Å². The van der Waals surface area contributed by atoms with Crippen LogP contribution >= 0.6 is 0 Å². The first kappa shape index (κ1) is 14.8. The molecule has 0 aliphatic heterocycles. The highest BCUT2D eigenvalue weighted by molar-refractivity contribution is 5.81. The van der Waals surface area contributed by atoms with Gasteiger partial charge < -0.3 is 10.2 Å². The number of amides is 1. The number of nitrogens with one attached hydrogen (secondary N) is 1. The van der Waals surface area contributed by atoms with E-state index in [1.807, 2.05) is 0 Å². The van der Waals surface area contributed by atoms with Gasteiger partial charge in [0.25, 0.3) is 0 Å². The number of carbonyl (C=O) groups is 1. The molecule has 0 aliphatic carbocycles. The summed E-state index contributed by atoms with van der Waals surface area (Å²) in [5, 5.41) is 13.1. The zero-order valence-corrected chi connectivity index (χ0v) is 10.4. The summed E-state index contributed by atoms with van der Waals surface area (Å²) in [6.07, 6.45) is 0. The average molecular weight is 273 g/mol. The van der Waals surface area contributed by atoms with Crippen molar-refractivity contribution in [3.8, 4) is 0 Å². The van der Waals surface area contributed by atoms with Crippen LogP contribution in [0.25, 0.3) is 0 Å². The van der Waals surface area contributed by atoms with Gasteiger partial charge in [-0.05, 0) is 6.92 Å². The molecule has 0 saturated carbocycles. The molecule has 6 nitrogen and oxygen atoms in total. The Labute approximate surface area is 108 Å².